The lowest BCUT2D eigenvalue weighted by atomic mass is 9.96. The van der Waals surface area contributed by atoms with Gasteiger partial charge in [-0.05, 0) is 27.1 Å². The Morgan fingerprint density at radius 2 is 1.90 bits per heavy atom. The molecule has 0 spiro atoms. The second kappa shape index (κ2) is 6.74. The second-order valence-electron chi connectivity index (χ2n) is 6.15. The Balaban J connectivity index is 2.88. The maximum atomic E-state index is 6.03. The summed E-state index contributed by atoms with van der Waals surface area (Å²) in [5, 5.41) is 3.27. The highest BCUT2D eigenvalue weighted by Crippen LogP contribution is 2.29. The SMILES string of the molecule is COc1nc(C(C)(C)C)nc(NCCCN(C)C)c1N. The minimum atomic E-state index is -0.152. The Labute approximate surface area is 121 Å². The van der Waals surface area contributed by atoms with E-state index in [4.69, 9.17) is 10.5 Å². The molecule has 0 amide bonds. The average Bonchev–Trinajstić information content (AvgIpc) is 2.34. The van der Waals surface area contributed by atoms with Crippen molar-refractivity contribution in [2.24, 2.45) is 0 Å². The largest absolute Gasteiger partial charge is 0.479 e. The van der Waals surface area contributed by atoms with E-state index in [2.05, 4.69) is 55.1 Å². The van der Waals surface area contributed by atoms with Crippen LogP contribution in [0.1, 0.15) is 33.0 Å². The summed E-state index contributed by atoms with van der Waals surface area (Å²) in [6, 6.07) is 0. The first-order valence-electron chi connectivity index (χ1n) is 6.86. The molecule has 0 fully saturated rings. The third-order valence-electron chi connectivity index (χ3n) is 2.85. The molecular weight excluding hydrogens is 254 g/mol. The molecule has 6 nitrogen and oxygen atoms in total. The summed E-state index contributed by atoms with van der Waals surface area (Å²) < 4.78 is 5.24. The van der Waals surface area contributed by atoms with E-state index in [0.717, 1.165) is 25.3 Å². The molecule has 1 aromatic heterocycles. The number of nitrogens with one attached hydrogen (secondary N) is 1. The van der Waals surface area contributed by atoms with Gasteiger partial charge in [-0.15, -0.1) is 0 Å². The van der Waals surface area contributed by atoms with Gasteiger partial charge in [-0.2, -0.15) is 4.98 Å². The van der Waals surface area contributed by atoms with Crippen molar-refractivity contribution in [2.75, 3.05) is 45.3 Å². The monoisotopic (exact) mass is 281 g/mol. The van der Waals surface area contributed by atoms with Gasteiger partial charge in [0.1, 0.15) is 11.5 Å². The second-order valence-corrected chi connectivity index (χ2v) is 6.15. The van der Waals surface area contributed by atoms with Gasteiger partial charge in [-0.25, -0.2) is 4.98 Å². The van der Waals surface area contributed by atoms with Crippen LogP contribution < -0.4 is 15.8 Å². The van der Waals surface area contributed by atoms with E-state index in [9.17, 15) is 0 Å². The molecule has 0 aliphatic carbocycles. The van der Waals surface area contributed by atoms with Crippen molar-refractivity contribution in [3.05, 3.63) is 5.82 Å². The van der Waals surface area contributed by atoms with Crippen molar-refractivity contribution in [3.8, 4) is 5.88 Å². The van der Waals surface area contributed by atoms with Crippen LogP contribution in [0.25, 0.3) is 0 Å². The fraction of sp³-hybridized carbons (Fsp3) is 0.714. The average molecular weight is 281 g/mol. The lowest BCUT2D eigenvalue weighted by molar-refractivity contribution is 0.391. The topological polar surface area (TPSA) is 76.3 Å². The molecule has 0 aromatic carbocycles. The highest BCUT2D eigenvalue weighted by Gasteiger charge is 2.21. The van der Waals surface area contributed by atoms with Crippen molar-refractivity contribution in [2.45, 2.75) is 32.6 Å². The number of ether oxygens (including phenoxy) is 1. The van der Waals surface area contributed by atoms with Crippen molar-refractivity contribution < 1.29 is 4.74 Å². The number of nitrogens with two attached hydrogens (primary N) is 1. The van der Waals surface area contributed by atoms with Crippen molar-refractivity contribution >= 4 is 11.5 Å². The molecule has 0 aliphatic rings. The van der Waals surface area contributed by atoms with Crippen LogP contribution >= 0.6 is 0 Å². The number of nitrogen functional groups attached to an aromatic ring is 1. The molecule has 1 heterocycles. The van der Waals surface area contributed by atoms with Crippen molar-refractivity contribution in [1.82, 2.24) is 14.9 Å². The summed E-state index contributed by atoms with van der Waals surface area (Å²) in [6.45, 7) is 8.02. The molecule has 0 saturated carbocycles. The van der Waals surface area contributed by atoms with Crippen molar-refractivity contribution in [1.29, 1.82) is 0 Å². The van der Waals surface area contributed by atoms with Gasteiger partial charge in [-0.1, -0.05) is 20.8 Å². The minimum Gasteiger partial charge on any atom is -0.479 e. The van der Waals surface area contributed by atoms with Gasteiger partial charge < -0.3 is 20.7 Å². The van der Waals surface area contributed by atoms with Crippen molar-refractivity contribution in [3.63, 3.8) is 0 Å². The molecule has 0 saturated heterocycles. The Hall–Kier alpha value is -1.56. The predicted molar refractivity (Wildman–Crippen MR) is 83.4 cm³/mol. The predicted octanol–water partition coefficient (Wildman–Crippen LogP) is 1.73. The van der Waals surface area contributed by atoms with Gasteiger partial charge in [0, 0.05) is 12.0 Å². The number of nitrogens with zero attached hydrogens (tertiary/aromatic N) is 3. The zero-order valence-corrected chi connectivity index (χ0v) is 13.4. The standard InChI is InChI=1S/C14H27N5O/c1-14(2,3)13-17-11(10(15)12(18-13)20-6)16-8-7-9-19(4)5/h7-9,15H2,1-6H3,(H,16,17,18). The van der Waals surface area contributed by atoms with Crippen LogP contribution in [-0.2, 0) is 5.41 Å². The summed E-state index contributed by atoms with van der Waals surface area (Å²) in [5.41, 5.74) is 6.34. The summed E-state index contributed by atoms with van der Waals surface area (Å²) >= 11 is 0. The van der Waals surface area contributed by atoms with E-state index < -0.39 is 0 Å². The lowest BCUT2D eigenvalue weighted by Crippen LogP contribution is -2.20. The Morgan fingerprint density at radius 3 is 2.40 bits per heavy atom. The molecule has 3 N–H and O–H groups in total. The maximum Gasteiger partial charge on any atom is 0.242 e. The highest BCUT2D eigenvalue weighted by atomic mass is 16.5. The zero-order chi connectivity index (χ0) is 15.3. The molecule has 114 valence electrons. The van der Waals surface area contributed by atoms with E-state index in [1.54, 1.807) is 7.11 Å². The van der Waals surface area contributed by atoms with Gasteiger partial charge in [0.25, 0.3) is 0 Å². The number of methoxy groups -OCH3 is 1. The Morgan fingerprint density at radius 1 is 1.25 bits per heavy atom. The van der Waals surface area contributed by atoms with Crippen LogP contribution in [-0.4, -0.2) is 49.2 Å². The summed E-state index contributed by atoms with van der Waals surface area (Å²) in [5.74, 6) is 1.80. The zero-order valence-electron chi connectivity index (χ0n) is 13.4. The number of hydrogen-bond donors (Lipinski definition) is 2. The molecule has 20 heavy (non-hydrogen) atoms. The first-order chi connectivity index (χ1) is 9.25. The smallest absolute Gasteiger partial charge is 0.242 e. The molecule has 1 rings (SSSR count). The van der Waals surface area contributed by atoms with Gasteiger partial charge >= 0.3 is 0 Å². The number of rotatable bonds is 6. The molecule has 0 atom stereocenters. The summed E-state index contributed by atoms with van der Waals surface area (Å²) in [7, 11) is 5.68. The van der Waals surface area contributed by atoms with Gasteiger partial charge in [-0.3, -0.25) is 0 Å². The molecule has 0 radical (unpaired) electrons. The fourth-order valence-corrected chi connectivity index (χ4v) is 1.68. The lowest BCUT2D eigenvalue weighted by Gasteiger charge is -2.20. The van der Waals surface area contributed by atoms with E-state index in [0.29, 0.717) is 17.4 Å². The molecule has 0 bridgehead atoms. The Kier molecular flexibility index (Phi) is 5.56. The van der Waals surface area contributed by atoms with Crippen LogP contribution in [0, 0.1) is 0 Å². The van der Waals surface area contributed by atoms with Crippen LogP contribution in [0.5, 0.6) is 5.88 Å². The van der Waals surface area contributed by atoms with E-state index in [1.807, 2.05) is 0 Å². The quantitative estimate of drug-likeness (QED) is 0.773. The van der Waals surface area contributed by atoms with E-state index >= 15 is 0 Å². The highest BCUT2D eigenvalue weighted by molar-refractivity contribution is 5.67. The third-order valence-corrected chi connectivity index (χ3v) is 2.85. The molecule has 1 aromatic rings. The molecular formula is C14H27N5O. The number of anilines is 2. The van der Waals surface area contributed by atoms with Gasteiger partial charge in [0.2, 0.25) is 5.88 Å². The van der Waals surface area contributed by atoms with E-state index in [-0.39, 0.29) is 5.41 Å². The summed E-state index contributed by atoms with van der Waals surface area (Å²) in [6.07, 6.45) is 1.02. The van der Waals surface area contributed by atoms with Crippen LogP contribution in [0.3, 0.4) is 0 Å². The summed E-state index contributed by atoms with van der Waals surface area (Å²) in [4.78, 5) is 11.0. The number of aromatic nitrogens is 2. The first kappa shape index (κ1) is 16.5. The molecule has 6 heteroatoms. The third kappa shape index (κ3) is 4.52. The molecule has 0 unspecified atom stereocenters. The first-order valence-corrected chi connectivity index (χ1v) is 6.86. The normalized spacial score (nSPS) is 11.8. The minimum absolute atomic E-state index is 0.152. The van der Waals surface area contributed by atoms with Crippen LogP contribution in [0.2, 0.25) is 0 Å². The maximum absolute atomic E-state index is 6.03. The van der Waals surface area contributed by atoms with Gasteiger partial charge in [0.05, 0.1) is 7.11 Å². The van der Waals surface area contributed by atoms with E-state index in [1.165, 1.54) is 0 Å². The molecule has 0 aliphatic heterocycles. The fourth-order valence-electron chi connectivity index (χ4n) is 1.68. The van der Waals surface area contributed by atoms with Crippen LogP contribution in [0.15, 0.2) is 0 Å². The Bertz CT molecular complexity index is 440. The number of hydrogen-bond acceptors (Lipinski definition) is 6. The van der Waals surface area contributed by atoms with Gasteiger partial charge in [0.15, 0.2) is 5.82 Å². The van der Waals surface area contributed by atoms with Crippen LogP contribution in [0.4, 0.5) is 11.5 Å².